The number of benzene rings is 3. The van der Waals surface area contributed by atoms with Crippen molar-refractivity contribution in [3.8, 4) is 11.1 Å². The molecule has 34 heavy (non-hydrogen) atoms. The molecule has 6 N–H and O–H groups in total. The standard InChI is InChI=1S/C23H22ClN5O4S/c1-14(30)29(17-6-4-5-16(11-17)23(25)26)13-22(31)28-20-10-9-15(12-19(20)24)18-7-2-3-8-21(18)34(27,32)33/h2-12H,13H2,1H3,(H3,25,26)(H,28,31)(H2,27,32,33). The summed E-state index contributed by atoms with van der Waals surface area (Å²) in [5.74, 6) is -1.05. The number of amidine groups is 1. The third-order valence-electron chi connectivity index (χ3n) is 4.90. The van der Waals surface area contributed by atoms with E-state index in [1.54, 1.807) is 48.5 Å². The van der Waals surface area contributed by atoms with Gasteiger partial charge in [0.25, 0.3) is 0 Å². The second-order valence-corrected chi connectivity index (χ2v) is 9.29. The Morgan fingerprint density at radius 2 is 1.76 bits per heavy atom. The number of nitrogens with zero attached hydrogens (tertiary/aromatic N) is 1. The van der Waals surface area contributed by atoms with Crippen LogP contribution in [0.1, 0.15) is 12.5 Å². The fourth-order valence-electron chi connectivity index (χ4n) is 3.30. The summed E-state index contributed by atoms with van der Waals surface area (Å²) in [5.41, 5.74) is 7.50. The molecule has 0 fully saturated rings. The van der Waals surface area contributed by atoms with Crippen LogP contribution in [0.25, 0.3) is 11.1 Å². The van der Waals surface area contributed by atoms with Crippen molar-refractivity contribution in [3.05, 3.63) is 77.3 Å². The van der Waals surface area contributed by atoms with Crippen LogP contribution in [0.5, 0.6) is 0 Å². The van der Waals surface area contributed by atoms with E-state index < -0.39 is 15.9 Å². The van der Waals surface area contributed by atoms with Gasteiger partial charge in [0.15, 0.2) is 0 Å². The number of carbonyl (C=O) groups is 2. The van der Waals surface area contributed by atoms with E-state index in [4.69, 9.17) is 27.9 Å². The number of primary sulfonamides is 1. The Hall–Kier alpha value is -3.73. The van der Waals surface area contributed by atoms with Crippen LogP contribution in [-0.2, 0) is 19.6 Å². The number of nitrogens with one attached hydrogen (secondary N) is 2. The smallest absolute Gasteiger partial charge is 0.244 e. The van der Waals surface area contributed by atoms with Gasteiger partial charge in [0.05, 0.1) is 15.6 Å². The van der Waals surface area contributed by atoms with Crippen LogP contribution in [0.2, 0.25) is 5.02 Å². The van der Waals surface area contributed by atoms with E-state index in [9.17, 15) is 18.0 Å². The fourth-order valence-corrected chi connectivity index (χ4v) is 4.28. The number of hydrogen-bond acceptors (Lipinski definition) is 5. The molecule has 0 saturated heterocycles. The highest BCUT2D eigenvalue weighted by atomic mass is 35.5. The van der Waals surface area contributed by atoms with Crippen LogP contribution in [0.3, 0.4) is 0 Å². The molecule has 0 bridgehead atoms. The Labute approximate surface area is 201 Å². The molecule has 0 aliphatic carbocycles. The zero-order valence-electron chi connectivity index (χ0n) is 18.1. The van der Waals surface area contributed by atoms with Gasteiger partial charge >= 0.3 is 0 Å². The molecule has 2 amide bonds. The summed E-state index contributed by atoms with van der Waals surface area (Å²) in [6, 6.07) is 17.3. The molecule has 3 aromatic carbocycles. The zero-order valence-corrected chi connectivity index (χ0v) is 19.7. The van der Waals surface area contributed by atoms with Crippen molar-refractivity contribution in [2.45, 2.75) is 11.8 Å². The van der Waals surface area contributed by atoms with Gasteiger partial charge in [0.1, 0.15) is 12.4 Å². The molecule has 176 valence electrons. The predicted molar refractivity (Wildman–Crippen MR) is 132 cm³/mol. The van der Waals surface area contributed by atoms with Gasteiger partial charge in [-0.15, -0.1) is 0 Å². The maximum Gasteiger partial charge on any atom is 0.244 e. The van der Waals surface area contributed by atoms with Gasteiger partial charge in [0, 0.05) is 23.7 Å². The summed E-state index contributed by atoms with van der Waals surface area (Å²) in [7, 11) is -3.95. The lowest BCUT2D eigenvalue weighted by Crippen LogP contribution is -2.36. The number of nitrogens with two attached hydrogens (primary N) is 2. The molecule has 0 aliphatic rings. The summed E-state index contributed by atoms with van der Waals surface area (Å²) in [6.07, 6.45) is 0. The number of carbonyl (C=O) groups excluding carboxylic acids is 2. The van der Waals surface area contributed by atoms with Gasteiger partial charge in [-0.2, -0.15) is 0 Å². The molecule has 0 atom stereocenters. The molecule has 0 aliphatic heterocycles. The van der Waals surface area contributed by atoms with Gasteiger partial charge in [0.2, 0.25) is 21.8 Å². The molecule has 11 heteroatoms. The molecule has 3 rings (SSSR count). The van der Waals surface area contributed by atoms with Crippen LogP contribution in [0, 0.1) is 5.41 Å². The maximum atomic E-state index is 12.7. The lowest BCUT2D eigenvalue weighted by Gasteiger charge is -2.21. The summed E-state index contributed by atoms with van der Waals surface area (Å²) in [5, 5.41) is 15.7. The van der Waals surface area contributed by atoms with Gasteiger partial charge in [-0.1, -0.05) is 48.0 Å². The number of halogens is 1. The normalized spacial score (nSPS) is 11.0. The van der Waals surface area contributed by atoms with Crippen LogP contribution >= 0.6 is 11.6 Å². The SMILES string of the molecule is CC(=O)N(CC(=O)Nc1ccc(-c2ccccc2S(N)(=O)=O)cc1Cl)c1cccc(C(=N)N)c1. The lowest BCUT2D eigenvalue weighted by molar-refractivity contribution is -0.120. The Morgan fingerprint density at radius 3 is 2.38 bits per heavy atom. The van der Waals surface area contributed by atoms with Crippen molar-refractivity contribution in [2.75, 3.05) is 16.8 Å². The number of nitrogen functional groups attached to an aromatic ring is 1. The van der Waals surface area contributed by atoms with Crippen molar-refractivity contribution < 1.29 is 18.0 Å². The van der Waals surface area contributed by atoms with Crippen LogP contribution in [0.15, 0.2) is 71.6 Å². The average Bonchev–Trinajstić information content (AvgIpc) is 2.78. The summed E-state index contributed by atoms with van der Waals surface area (Å²) < 4.78 is 23.8. The summed E-state index contributed by atoms with van der Waals surface area (Å²) >= 11 is 6.35. The highest BCUT2D eigenvalue weighted by Crippen LogP contribution is 2.32. The largest absolute Gasteiger partial charge is 0.384 e. The third-order valence-corrected chi connectivity index (χ3v) is 6.18. The molecule has 0 saturated carbocycles. The molecule has 0 radical (unpaired) electrons. The second-order valence-electron chi connectivity index (χ2n) is 7.35. The number of sulfonamides is 1. The van der Waals surface area contributed by atoms with Gasteiger partial charge in [-0.3, -0.25) is 15.0 Å². The topological polar surface area (TPSA) is 159 Å². The predicted octanol–water partition coefficient (Wildman–Crippen LogP) is 2.93. The van der Waals surface area contributed by atoms with E-state index in [-0.39, 0.29) is 33.9 Å². The molecule has 0 aromatic heterocycles. The third kappa shape index (κ3) is 5.79. The Balaban J connectivity index is 1.82. The van der Waals surface area contributed by atoms with E-state index >= 15 is 0 Å². The first-order chi connectivity index (χ1) is 16.0. The molecular weight excluding hydrogens is 478 g/mol. The molecule has 3 aromatic rings. The van der Waals surface area contributed by atoms with E-state index in [0.29, 0.717) is 22.4 Å². The van der Waals surface area contributed by atoms with Crippen molar-refractivity contribution in [3.63, 3.8) is 0 Å². The maximum absolute atomic E-state index is 12.7. The molecular formula is C23H22ClN5O4S. The van der Waals surface area contributed by atoms with Crippen molar-refractivity contribution in [2.24, 2.45) is 10.9 Å². The van der Waals surface area contributed by atoms with Crippen LogP contribution in [0.4, 0.5) is 11.4 Å². The minimum absolute atomic E-state index is 0.0484. The molecule has 0 spiro atoms. The van der Waals surface area contributed by atoms with E-state index in [2.05, 4.69) is 5.32 Å². The number of amides is 2. The minimum atomic E-state index is -3.95. The average molecular weight is 500 g/mol. The van der Waals surface area contributed by atoms with E-state index in [1.807, 2.05) is 0 Å². The highest BCUT2D eigenvalue weighted by Gasteiger charge is 2.19. The minimum Gasteiger partial charge on any atom is -0.384 e. The number of hydrogen-bond donors (Lipinski definition) is 4. The van der Waals surface area contributed by atoms with E-state index in [0.717, 1.165) is 0 Å². The highest BCUT2D eigenvalue weighted by molar-refractivity contribution is 7.89. The molecule has 0 heterocycles. The Kier molecular flexibility index (Phi) is 7.35. The van der Waals surface area contributed by atoms with Gasteiger partial charge in [-0.25, -0.2) is 13.6 Å². The van der Waals surface area contributed by atoms with Crippen molar-refractivity contribution in [1.82, 2.24) is 0 Å². The fraction of sp³-hybridized carbons (Fsp3) is 0.0870. The summed E-state index contributed by atoms with van der Waals surface area (Å²) in [6.45, 7) is 1.02. The molecule has 0 unspecified atom stereocenters. The van der Waals surface area contributed by atoms with Gasteiger partial charge < -0.3 is 16.0 Å². The van der Waals surface area contributed by atoms with Gasteiger partial charge in [-0.05, 0) is 35.9 Å². The first-order valence-corrected chi connectivity index (χ1v) is 11.8. The van der Waals surface area contributed by atoms with Crippen LogP contribution in [-0.4, -0.2) is 32.6 Å². The first kappa shape index (κ1) is 24.9. The quantitative estimate of drug-likeness (QED) is 0.290. The monoisotopic (exact) mass is 499 g/mol. The number of anilines is 2. The summed E-state index contributed by atoms with van der Waals surface area (Å²) in [4.78, 5) is 26.1. The molecule has 9 nitrogen and oxygen atoms in total. The van der Waals surface area contributed by atoms with Crippen molar-refractivity contribution in [1.29, 1.82) is 5.41 Å². The van der Waals surface area contributed by atoms with Crippen LogP contribution < -0.4 is 21.1 Å². The Bertz CT molecular complexity index is 1390. The zero-order chi connectivity index (χ0) is 25.0. The lowest BCUT2D eigenvalue weighted by atomic mass is 10.1. The Morgan fingerprint density at radius 1 is 1.06 bits per heavy atom. The van der Waals surface area contributed by atoms with E-state index in [1.165, 1.54) is 30.0 Å². The number of rotatable bonds is 7. The second kappa shape index (κ2) is 10.0. The first-order valence-electron chi connectivity index (χ1n) is 9.91. The van der Waals surface area contributed by atoms with Crippen molar-refractivity contribution >= 4 is 50.6 Å².